The van der Waals surface area contributed by atoms with Crippen molar-refractivity contribution in [1.29, 1.82) is 0 Å². The highest BCUT2D eigenvalue weighted by Gasteiger charge is 2.30. The number of anilines is 1. The summed E-state index contributed by atoms with van der Waals surface area (Å²) in [6.07, 6.45) is -3.46. The monoisotopic (exact) mass is 485 g/mol. The summed E-state index contributed by atoms with van der Waals surface area (Å²) in [6, 6.07) is 16.5. The summed E-state index contributed by atoms with van der Waals surface area (Å²) >= 11 is 0. The second-order valence-corrected chi connectivity index (χ2v) is 6.89. The largest absolute Gasteiger partial charge is 0.497 e. The molecular weight excluding hydrogens is 467 g/mol. The van der Waals surface area contributed by atoms with Gasteiger partial charge in [0.1, 0.15) is 11.5 Å². The molecule has 0 bridgehead atoms. The minimum absolute atomic E-state index is 0.131. The Hall–Kier alpha value is -4.67. The van der Waals surface area contributed by atoms with Crippen LogP contribution in [0.3, 0.4) is 0 Å². The van der Waals surface area contributed by atoms with Crippen molar-refractivity contribution in [1.82, 2.24) is 5.43 Å². The third-order valence-corrected chi connectivity index (χ3v) is 4.45. The van der Waals surface area contributed by atoms with Crippen molar-refractivity contribution in [2.75, 3.05) is 12.4 Å². The van der Waals surface area contributed by atoms with Gasteiger partial charge in [-0.15, -0.1) is 0 Å². The molecule has 0 aromatic heterocycles. The molecule has 0 atom stereocenters. The number of esters is 1. The van der Waals surface area contributed by atoms with E-state index in [4.69, 9.17) is 9.47 Å². The summed E-state index contributed by atoms with van der Waals surface area (Å²) < 4.78 is 48.8. The first-order chi connectivity index (χ1) is 16.7. The van der Waals surface area contributed by atoms with Crippen LogP contribution in [0.15, 0.2) is 77.9 Å². The minimum atomic E-state index is -4.60. The minimum Gasteiger partial charge on any atom is -0.497 e. The molecule has 0 saturated carbocycles. The van der Waals surface area contributed by atoms with Crippen LogP contribution in [0.5, 0.6) is 11.5 Å². The average molecular weight is 485 g/mol. The highest BCUT2D eigenvalue weighted by molar-refractivity contribution is 6.39. The van der Waals surface area contributed by atoms with E-state index in [1.54, 1.807) is 36.4 Å². The van der Waals surface area contributed by atoms with E-state index in [0.717, 1.165) is 18.3 Å². The van der Waals surface area contributed by atoms with Gasteiger partial charge < -0.3 is 14.8 Å². The fourth-order valence-corrected chi connectivity index (χ4v) is 2.76. The normalized spacial score (nSPS) is 11.1. The number of hydrogen-bond acceptors (Lipinski definition) is 6. The summed E-state index contributed by atoms with van der Waals surface area (Å²) in [5.74, 6) is -2.50. The maximum atomic E-state index is 12.8. The molecule has 3 aromatic carbocycles. The van der Waals surface area contributed by atoms with Crippen LogP contribution >= 0.6 is 0 Å². The van der Waals surface area contributed by atoms with Gasteiger partial charge in [0.15, 0.2) is 0 Å². The van der Waals surface area contributed by atoms with E-state index in [1.165, 1.54) is 25.3 Å². The molecule has 35 heavy (non-hydrogen) atoms. The number of hydrogen-bond donors (Lipinski definition) is 2. The number of benzene rings is 3. The van der Waals surface area contributed by atoms with Crippen molar-refractivity contribution in [2.24, 2.45) is 5.10 Å². The average Bonchev–Trinajstić information content (AvgIpc) is 2.84. The number of amides is 2. The molecule has 0 aliphatic carbocycles. The highest BCUT2D eigenvalue weighted by Crippen LogP contribution is 2.30. The number of methoxy groups -OCH3 is 1. The quantitative estimate of drug-likeness (QED) is 0.180. The van der Waals surface area contributed by atoms with E-state index in [0.29, 0.717) is 17.4 Å². The van der Waals surface area contributed by atoms with E-state index in [-0.39, 0.29) is 17.0 Å². The zero-order valence-corrected chi connectivity index (χ0v) is 18.1. The molecule has 0 fully saturated rings. The Morgan fingerprint density at radius 2 is 1.66 bits per heavy atom. The Morgan fingerprint density at radius 1 is 0.914 bits per heavy atom. The zero-order chi connectivity index (χ0) is 25.4. The van der Waals surface area contributed by atoms with Gasteiger partial charge in [-0.25, -0.2) is 10.2 Å². The molecule has 3 rings (SSSR count). The Balaban J connectivity index is 1.63. The first-order valence-electron chi connectivity index (χ1n) is 9.94. The lowest BCUT2D eigenvalue weighted by Gasteiger charge is -2.09. The van der Waals surface area contributed by atoms with Crippen molar-refractivity contribution in [3.63, 3.8) is 0 Å². The second-order valence-electron chi connectivity index (χ2n) is 6.89. The molecule has 11 heteroatoms. The standard InChI is InChI=1S/C24H18F3N3O5/c1-34-19-10-4-7-15(12-19)23(33)35-20-11-3-2-6-16(20)14-28-30-22(32)21(31)29-18-9-5-8-17(13-18)24(25,26)27/h2-14H,1H3,(H,29,31)(H,30,32)/b28-14+. The topological polar surface area (TPSA) is 106 Å². The van der Waals surface area contributed by atoms with Gasteiger partial charge in [-0.05, 0) is 48.5 Å². The molecule has 0 aliphatic rings. The molecule has 0 saturated heterocycles. The summed E-state index contributed by atoms with van der Waals surface area (Å²) in [6.45, 7) is 0. The first-order valence-corrected chi connectivity index (χ1v) is 9.94. The van der Waals surface area contributed by atoms with Gasteiger partial charge in [-0.2, -0.15) is 18.3 Å². The number of hydrazone groups is 1. The fourth-order valence-electron chi connectivity index (χ4n) is 2.76. The lowest BCUT2D eigenvalue weighted by atomic mass is 10.2. The molecule has 0 radical (unpaired) electrons. The van der Waals surface area contributed by atoms with Gasteiger partial charge in [0, 0.05) is 11.3 Å². The maximum absolute atomic E-state index is 12.8. The number of ether oxygens (including phenoxy) is 2. The van der Waals surface area contributed by atoms with Crippen molar-refractivity contribution >= 4 is 29.7 Å². The summed E-state index contributed by atoms with van der Waals surface area (Å²) in [4.78, 5) is 36.4. The fraction of sp³-hybridized carbons (Fsp3) is 0.0833. The van der Waals surface area contributed by atoms with Gasteiger partial charge in [-0.3, -0.25) is 9.59 Å². The smallest absolute Gasteiger partial charge is 0.416 e. The summed E-state index contributed by atoms with van der Waals surface area (Å²) in [7, 11) is 1.46. The third kappa shape index (κ3) is 6.90. The van der Waals surface area contributed by atoms with Crippen molar-refractivity contribution < 1.29 is 37.0 Å². The van der Waals surface area contributed by atoms with E-state index in [2.05, 4.69) is 10.4 Å². The highest BCUT2D eigenvalue weighted by atomic mass is 19.4. The van der Waals surface area contributed by atoms with Crippen molar-refractivity contribution in [3.8, 4) is 11.5 Å². The number of carbonyl (C=O) groups is 3. The lowest BCUT2D eigenvalue weighted by Crippen LogP contribution is -2.32. The Bertz CT molecular complexity index is 1280. The van der Waals surface area contributed by atoms with Crippen LogP contribution in [0.1, 0.15) is 21.5 Å². The summed E-state index contributed by atoms with van der Waals surface area (Å²) in [5.41, 5.74) is 1.33. The van der Waals surface area contributed by atoms with E-state index in [1.807, 2.05) is 5.43 Å². The Labute approximate surface area is 197 Å². The molecule has 2 amide bonds. The molecule has 3 aromatic rings. The van der Waals surface area contributed by atoms with Crippen LogP contribution in [0.4, 0.5) is 18.9 Å². The Morgan fingerprint density at radius 3 is 2.40 bits per heavy atom. The van der Waals surface area contributed by atoms with Gasteiger partial charge in [0.25, 0.3) is 0 Å². The van der Waals surface area contributed by atoms with E-state index >= 15 is 0 Å². The van der Waals surface area contributed by atoms with E-state index < -0.39 is 29.5 Å². The van der Waals surface area contributed by atoms with Gasteiger partial charge >= 0.3 is 24.0 Å². The molecule has 8 nitrogen and oxygen atoms in total. The van der Waals surface area contributed by atoms with Crippen molar-refractivity contribution in [3.05, 3.63) is 89.5 Å². The molecule has 0 unspecified atom stereocenters. The van der Waals surface area contributed by atoms with Crippen LogP contribution in [-0.2, 0) is 15.8 Å². The van der Waals surface area contributed by atoms with Crippen LogP contribution < -0.4 is 20.2 Å². The number of carbonyl (C=O) groups excluding carboxylic acids is 3. The first kappa shape index (κ1) is 25.0. The van der Waals surface area contributed by atoms with E-state index in [9.17, 15) is 27.6 Å². The molecule has 0 heterocycles. The van der Waals surface area contributed by atoms with Crippen LogP contribution in [0.2, 0.25) is 0 Å². The second kappa shape index (κ2) is 11.0. The molecule has 180 valence electrons. The summed E-state index contributed by atoms with van der Waals surface area (Å²) in [5, 5.41) is 5.72. The van der Waals surface area contributed by atoms with Crippen LogP contribution in [-0.4, -0.2) is 31.1 Å². The SMILES string of the molecule is COc1cccc(C(=O)Oc2ccccc2/C=N/NC(=O)C(=O)Nc2cccc(C(F)(F)F)c2)c1. The zero-order valence-electron chi connectivity index (χ0n) is 18.1. The number of rotatable bonds is 6. The van der Waals surface area contributed by atoms with Crippen LogP contribution in [0.25, 0.3) is 0 Å². The van der Waals surface area contributed by atoms with Gasteiger partial charge in [-0.1, -0.05) is 24.3 Å². The van der Waals surface area contributed by atoms with Crippen LogP contribution in [0, 0.1) is 0 Å². The maximum Gasteiger partial charge on any atom is 0.416 e. The van der Waals surface area contributed by atoms with Gasteiger partial charge in [0.2, 0.25) is 0 Å². The lowest BCUT2D eigenvalue weighted by molar-refractivity contribution is -0.137. The number of alkyl halides is 3. The van der Waals surface area contributed by atoms with Gasteiger partial charge in [0.05, 0.1) is 24.5 Å². The molecular formula is C24H18F3N3O5. The number of nitrogens with one attached hydrogen (secondary N) is 2. The third-order valence-electron chi connectivity index (χ3n) is 4.45. The number of para-hydroxylation sites is 1. The molecule has 0 spiro atoms. The number of halogens is 3. The molecule has 0 aliphatic heterocycles. The van der Waals surface area contributed by atoms with Crippen molar-refractivity contribution in [2.45, 2.75) is 6.18 Å². The predicted molar refractivity (Wildman–Crippen MR) is 120 cm³/mol. The Kier molecular flexibility index (Phi) is 7.82. The predicted octanol–water partition coefficient (Wildman–Crippen LogP) is 4.02. The molecule has 2 N–H and O–H groups in total. The number of nitrogens with zero attached hydrogens (tertiary/aromatic N) is 1.